The number of benzene rings is 2. The fourth-order valence-electron chi connectivity index (χ4n) is 1.92. The van der Waals surface area contributed by atoms with Crippen LogP contribution in [0.15, 0.2) is 42.5 Å². The first-order valence-corrected chi connectivity index (χ1v) is 6.70. The molecule has 0 saturated heterocycles. The number of ether oxygens (including phenoxy) is 4. The molecule has 0 spiro atoms. The maximum Gasteiger partial charge on any atom is 0.200 e. The molecule has 0 radical (unpaired) electrons. The van der Waals surface area contributed by atoms with E-state index in [1.807, 2.05) is 0 Å². The zero-order valence-corrected chi connectivity index (χ0v) is 12.8. The van der Waals surface area contributed by atoms with E-state index in [4.69, 9.17) is 18.9 Å². The van der Waals surface area contributed by atoms with Crippen molar-refractivity contribution in [3.8, 4) is 23.0 Å². The molecule has 22 heavy (non-hydrogen) atoms. The average molecular weight is 302 g/mol. The van der Waals surface area contributed by atoms with Gasteiger partial charge in [-0.2, -0.15) is 0 Å². The zero-order chi connectivity index (χ0) is 15.9. The smallest absolute Gasteiger partial charge is 0.200 e. The van der Waals surface area contributed by atoms with Crippen LogP contribution >= 0.6 is 0 Å². The number of carbonyl (C=O) groups is 1. The highest BCUT2D eigenvalue weighted by atomic mass is 16.5. The molecule has 0 saturated carbocycles. The van der Waals surface area contributed by atoms with Crippen LogP contribution in [0.2, 0.25) is 0 Å². The molecule has 0 unspecified atom stereocenters. The molecule has 0 aliphatic carbocycles. The van der Waals surface area contributed by atoms with Gasteiger partial charge in [-0.05, 0) is 36.4 Å². The Morgan fingerprint density at radius 3 is 2.05 bits per heavy atom. The molecule has 5 heteroatoms. The van der Waals surface area contributed by atoms with Gasteiger partial charge in [0.25, 0.3) is 0 Å². The first kappa shape index (κ1) is 15.7. The molecular weight excluding hydrogens is 284 g/mol. The Kier molecular flexibility index (Phi) is 5.25. The van der Waals surface area contributed by atoms with Crippen LogP contribution in [0.3, 0.4) is 0 Å². The molecule has 2 aromatic rings. The van der Waals surface area contributed by atoms with Crippen LogP contribution in [0, 0.1) is 0 Å². The second-order valence-corrected chi connectivity index (χ2v) is 4.46. The van der Waals surface area contributed by atoms with E-state index >= 15 is 0 Å². The number of Topliss-reactive ketones (excluding diaryl/α,β-unsaturated/α-hetero) is 1. The summed E-state index contributed by atoms with van der Waals surface area (Å²) < 4.78 is 20.9. The molecule has 0 fully saturated rings. The molecule has 5 nitrogen and oxygen atoms in total. The summed E-state index contributed by atoms with van der Waals surface area (Å²) >= 11 is 0. The van der Waals surface area contributed by atoms with Crippen molar-refractivity contribution in [1.29, 1.82) is 0 Å². The van der Waals surface area contributed by atoms with E-state index in [9.17, 15) is 4.79 Å². The molecule has 2 rings (SSSR count). The van der Waals surface area contributed by atoms with Gasteiger partial charge in [0, 0.05) is 11.6 Å². The second-order valence-electron chi connectivity index (χ2n) is 4.46. The van der Waals surface area contributed by atoms with Crippen molar-refractivity contribution in [3.05, 3.63) is 48.0 Å². The normalized spacial score (nSPS) is 9.95. The Morgan fingerprint density at radius 2 is 1.45 bits per heavy atom. The predicted octanol–water partition coefficient (Wildman–Crippen LogP) is 2.97. The molecular formula is C17H18O5. The highest BCUT2D eigenvalue weighted by Gasteiger charge is 2.09. The summed E-state index contributed by atoms with van der Waals surface area (Å²) in [6.45, 7) is -0.0538. The van der Waals surface area contributed by atoms with Crippen molar-refractivity contribution in [2.45, 2.75) is 0 Å². The molecule has 0 aliphatic heterocycles. The highest BCUT2D eigenvalue weighted by Crippen LogP contribution is 2.30. The third-order valence-electron chi connectivity index (χ3n) is 3.14. The zero-order valence-electron chi connectivity index (χ0n) is 12.8. The molecule has 0 aliphatic rings. The van der Waals surface area contributed by atoms with Gasteiger partial charge in [-0.3, -0.25) is 4.79 Å². The summed E-state index contributed by atoms with van der Waals surface area (Å²) in [6, 6.07) is 12.0. The lowest BCUT2D eigenvalue weighted by molar-refractivity contribution is 0.0921. The molecule has 0 atom stereocenters. The van der Waals surface area contributed by atoms with Gasteiger partial charge in [0.1, 0.15) is 11.5 Å². The third-order valence-corrected chi connectivity index (χ3v) is 3.14. The van der Waals surface area contributed by atoms with Crippen LogP contribution in [0.25, 0.3) is 0 Å². The SMILES string of the molecule is COc1ccc(C(=O)COc2ccc(OC)c(OC)c2)cc1. The van der Waals surface area contributed by atoms with E-state index in [-0.39, 0.29) is 12.4 Å². The molecule has 0 aromatic heterocycles. The first-order chi connectivity index (χ1) is 10.7. The molecule has 2 aromatic carbocycles. The lowest BCUT2D eigenvalue weighted by atomic mass is 10.1. The number of methoxy groups -OCH3 is 3. The Labute approximate surface area is 129 Å². The van der Waals surface area contributed by atoms with E-state index < -0.39 is 0 Å². The van der Waals surface area contributed by atoms with Crippen molar-refractivity contribution < 1.29 is 23.7 Å². The quantitative estimate of drug-likeness (QED) is 0.736. The summed E-state index contributed by atoms with van der Waals surface area (Å²) in [7, 11) is 4.69. The minimum Gasteiger partial charge on any atom is -0.497 e. The number of carbonyl (C=O) groups excluding carboxylic acids is 1. The summed E-state index contributed by atoms with van der Waals surface area (Å²) in [4.78, 5) is 12.1. The average Bonchev–Trinajstić information content (AvgIpc) is 2.59. The fraction of sp³-hybridized carbons (Fsp3) is 0.235. The summed E-state index contributed by atoms with van der Waals surface area (Å²) in [5, 5.41) is 0. The summed E-state index contributed by atoms with van der Waals surface area (Å²) in [5.74, 6) is 2.29. The van der Waals surface area contributed by atoms with Crippen molar-refractivity contribution in [3.63, 3.8) is 0 Å². The van der Waals surface area contributed by atoms with E-state index in [1.54, 1.807) is 63.8 Å². The van der Waals surface area contributed by atoms with Crippen molar-refractivity contribution in [2.75, 3.05) is 27.9 Å². The Morgan fingerprint density at radius 1 is 0.818 bits per heavy atom. The van der Waals surface area contributed by atoms with Crippen LogP contribution in [-0.2, 0) is 0 Å². The minimum absolute atomic E-state index is 0.0538. The molecule has 0 bridgehead atoms. The van der Waals surface area contributed by atoms with Gasteiger partial charge >= 0.3 is 0 Å². The van der Waals surface area contributed by atoms with Crippen LogP contribution in [0.5, 0.6) is 23.0 Å². The summed E-state index contributed by atoms with van der Waals surface area (Å²) in [5.41, 5.74) is 0.571. The highest BCUT2D eigenvalue weighted by molar-refractivity contribution is 5.97. The molecule has 0 N–H and O–H groups in total. The fourth-order valence-corrected chi connectivity index (χ4v) is 1.92. The maximum absolute atomic E-state index is 12.1. The van der Waals surface area contributed by atoms with Crippen LogP contribution < -0.4 is 18.9 Å². The topological polar surface area (TPSA) is 54.0 Å². The standard InChI is InChI=1S/C17H18O5/c1-19-13-6-4-12(5-7-13)15(18)11-22-14-8-9-16(20-2)17(10-14)21-3/h4-10H,11H2,1-3H3. The molecule has 116 valence electrons. The van der Waals surface area contributed by atoms with Crippen LogP contribution in [0.4, 0.5) is 0 Å². The predicted molar refractivity (Wildman–Crippen MR) is 82.4 cm³/mol. The van der Waals surface area contributed by atoms with Gasteiger partial charge in [-0.1, -0.05) is 0 Å². The monoisotopic (exact) mass is 302 g/mol. The first-order valence-electron chi connectivity index (χ1n) is 6.70. The van der Waals surface area contributed by atoms with Crippen molar-refractivity contribution in [1.82, 2.24) is 0 Å². The Hall–Kier alpha value is -2.69. The van der Waals surface area contributed by atoms with Gasteiger partial charge in [-0.15, -0.1) is 0 Å². The lowest BCUT2D eigenvalue weighted by Crippen LogP contribution is -2.11. The lowest BCUT2D eigenvalue weighted by Gasteiger charge is -2.10. The summed E-state index contributed by atoms with van der Waals surface area (Å²) in [6.07, 6.45) is 0. The number of hydrogen-bond acceptors (Lipinski definition) is 5. The second kappa shape index (κ2) is 7.36. The van der Waals surface area contributed by atoms with Crippen LogP contribution in [0.1, 0.15) is 10.4 Å². The maximum atomic E-state index is 12.1. The van der Waals surface area contributed by atoms with E-state index in [0.717, 1.165) is 0 Å². The number of hydrogen-bond donors (Lipinski definition) is 0. The number of rotatable bonds is 7. The molecule has 0 heterocycles. The van der Waals surface area contributed by atoms with Gasteiger partial charge in [0.15, 0.2) is 23.9 Å². The largest absolute Gasteiger partial charge is 0.497 e. The third kappa shape index (κ3) is 3.69. The Bertz CT molecular complexity index is 634. The minimum atomic E-state index is -0.113. The van der Waals surface area contributed by atoms with Gasteiger partial charge in [-0.25, -0.2) is 0 Å². The number of ketones is 1. The van der Waals surface area contributed by atoms with E-state index in [0.29, 0.717) is 28.6 Å². The van der Waals surface area contributed by atoms with Crippen molar-refractivity contribution in [2.24, 2.45) is 0 Å². The Balaban J connectivity index is 2.01. The van der Waals surface area contributed by atoms with Crippen LogP contribution in [-0.4, -0.2) is 33.7 Å². The van der Waals surface area contributed by atoms with Crippen molar-refractivity contribution >= 4 is 5.78 Å². The molecule has 0 amide bonds. The van der Waals surface area contributed by atoms with E-state index in [1.165, 1.54) is 0 Å². The van der Waals surface area contributed by atoms with Gasteiger partial charge in [0.2, 0.25) is 0 Å². The van der Waals surface area contributed by atoms with Gasteiger partial charge < -0.3 is 18.9 Å². The van der Waals surface area contributed by atoms with E-state index in [2.05, 4.69) is 0 Å². The van der Waals surface area contributed by atoms with Gasteiger partial charge in [0.05, 0.1) is 21.3 Å².